The predicted molar refractivity (Wildman–Crippen MR) is 77.3 cm³/mol. The number of nitrogens with one attached hydrogen (secondary N) is 1. The molecule has 0 aliphatic heterocycles. The van der Waals surface area contributed by atoms with E-state index in [-0.39, 0.29) is 21.8 Å². The van der Waals surface area contributed by atoms with Crippen molar-refractivity contribution in [2.45, 2.75) is 4.90 Å². The number of nitro benzene ring substituents is 1. The van der Waals surface area contributed by atoms with Crippen LogP contribution >= 0.6 is 0 Å². The lowest BCUT2D eigenvalue weighted by atomic mass is 10.2. The van der Waals surface area contributed by atoms with Crippen LogP contribution in [0.4, 0.5) is 11.4 Å². The van der Waals surface area contributed by atoms with Crippen LogP contribution in [0.5, 0.6) is 0 Å². The van der Waals surface area contributed by atoms with E-state index < -0.39 is 20.9 Å². The van der Waals surface area contributed by atoms with Crippen molar-refractivity contribution in [3.63, 3.8) is 0 Å². The minimum absolute atomic E-state index is 0.0123. The van der Waals surface area contributed by atoms with Gasteiger partial charge in [-0.1, -0.05) is 6.07 Å². The van der Waals surface area contributed by atoms with Crippen LogP contribution in [0.25, 0.3) is 0 Å². The number of carboxylic acid groups (broad SMARTS) is 1. The fourth-order valence-electron chi connectivity index (χ4n) is 1.66. The minimum Gasteiger partial charge on any atom is -0.478 e. The lowest BCUT2D eigenvalue weighted by Crippen LogP contribution is -2.13. The Morgan fingerprint density at radius 2 is 1.77 bits per heavy atom. The second kappa shape index (κ2) is 5.82. The second-order valence-corrected chi connectivity index (χ2v) is 5.92. The van der Waals surface area contributed by atoms with Gasteiger partial charge in [0.25, 0.3) is 15.7 Å². The van der Waals surface area contributed by atoms with E-state index in [4.69, 9.17) is 5.11 Å². The molecule has 0 heterocycles. The molecule has 2 aromatic rings. The van der Waals surface area contributed by atoms with Gasteiger partial charge in [0.1, 0.15) is 0 Å². The van der Waals surface area contributed by atoms with Gasteiger partial charge in [-0.3, -0.25) is 14.8 Å². The third kappa shape index (κ3) is 3.38. The Balaban J connectivity index is 2.29. The van der Waals surface area contributed by atoms with Gasteiger partial charge in [0.05, 0.1) is 15.4 Å². The fraction of sp³-hybridized carbons (Fsp3) is 0. The molecule has 9 heteroatoms. The third-order valence-corrected chi connectivity index (χ3v) is 4.10. The standard InChI is InChI=1S/C13H10N2O6S/c16-13(17)9-4-6-10(7-5-9)14-22(20,21)12-3-1-2-11(8-12)15(18)19/h1-8,14H,(H,16,17). The topological polar surface area (TPSA) is 127 Å². The van der Waals surface area contributed by atoms with Crippen LogP contribution in [0.3, 0.4) is 0 Å². The van der Waals surface area contributed by atoms with Crippen LogP contribution in [0.2, 0.25) is 0 Å². The Labute approximate surface area is 125 Å². The third-order valence-electron chi connectivity index (χ3n) is 2.72. The number of non-ortho nitro benzene ring substituents is 1. The summed E-state index contributed by atoms with van der Waals surface area (Å²) in [5.74, 6) is -1.13. The molecule has 2 aromatic carbocycles. The summed E-state index contributed by atoms with van der Waals surface area (Å²) in [7, 11) is -4.00. The molecule has 0 aliphatic rings. The highest BCUT2D eigenvalue weighted by Crippen LogP contribution is 2.20. The first kappa shape index (κ1) is 15.4. The quantitative estimate of drug-likeness (QED) is 0.641. The van der Waals surface area contributed by atoms with Crippen molar-refractivity contribution in [2.24, 2.45) is 0 Å². The van der Waals surface area contributed by atoms with Crippen molar-refractivity contribution in [1.82, 2.24) is 0 Å². The number of hydrogen-bond donors (Lipinski definition) is 2. The molecule has 114 valence electrons. The van der Waals surface area contributed by atoms with Gasteiger partial charge >= 0.3 is 5.97 Å². The van der Waals surface area contributed by atoms with Gasteiger partial charge in [0.15, 0.2) is 0 Å². The molecule has 0 saturated carbocycles. The molecule has 0 bridgehead atoms. The molecule has 22 heavy (non-hydrogen) atoms. The maximum absolute atomic E-state index is 12.1. The molecule has 0 atom stereocenters. The number of carboxylic acids is 1. The van der Waals surface area contributed by atoms with Crippen molar-refractivity contribution in [1.29, 1.82) is 0 Å². The minimum atomic E-state index is -4.00. The lowest BCUT2D eigenvalue weighted by molar-refractivity contribution is -0.385. The largest absolute Gasteiger partial charge is 0.478 e. The zero-order valence-corrected chi connectivity index (χ0v) is 11.8. The number of aromatic carboxylic acids is 1. The molecule has 0 saturated heterocycles. The highest BCUT2D eigenvalue weighted by molar-refractivity contribution is 7.92. The number of rotatable bonds is 5. The summed E-state index contributed by atoms with van der Waals surface area (Å²) in [6.45, 7) is 0. The van der Waals surface area contributed by atoms with E-state index in [9.17, 15) is 23.3 Å². The summed E-state index contributed by atoms with van der Waals surface area (Å²) in [6.07, 6.45) is 0. The summed E-state index contributed by atoms with van der Waals surface area (Å²) in [5.41, 5.74) is -0.182. The van der Waals surface area contributed by atoms with Crippen LogP contribution < -0.4 is 4.72 Å². The Morgan fingerprint density at radius 1 is 1.14 bits per heavy atom. The summed E-state index contributed by atoms with van der Waals surface area (Å²) < 4.78 is 26.5. The van der Waals surface area contributed by atoms with Crippen LogP contribution in [0, 0.1) is 10.1 Å². The molecule has 0 aliphatic carbocycles. The Bertz CT molecular complexity index is 830. The number of hydrogen-bond acceptors (Lipinski definition) is 5. The van der Waals surface area contributed by atoms with E-state index in [1.54, 1.807) is 0 Å². The molecule has 0 unspecified atom stereocenters. The monoisotopic (exact) mass is 322 g/mol. The van der Waals surface area contributed by atoms with Crippen molar-refractivity contribution >= 4 is 27.4 Å². The van der Waals surface area contributed by atoms with E-state index in [0.29, 0.717) is 0 Å². The predicted octanol–water partition coefficient (Wildman–Crippen LogP) is 2.09. The SMILES string of the molecule is O=C(O)c1ccc(NS(=O)(=O)c2cccc([N+](=O)[O-])c2)cc1. The Hall–Kier alpha value is -2.94. The van der Waals surface area contributed by atoms with E-state index in [0.717, 1.165) is 6.07 Å². The first-order valence-corrected chi connectivity index (χ1v) is 7.38. The first-order valence-electron chi connectivity index (χ1n) is 5.90. The van der Waals surface area contributed by atoms with Crippen LogP contribution in [0.15, 0.2) is 53.4 Å². The summed E-state index contributed by atoms with van der Waals surface area (Å²) in [5, 5.41) is 19.4. The van der Waals surface area contributed by atoms with Gasteiger partial charge < -0.3 is 5.11 Å². The van der Waals surface area contributed by atoms with Crippen LogP contribution in [0.1, 0.15) is 10.4 Å². The molecule has 0 fully saturated rings. The molecular formula is C13H10N2O6S. The average molecular weight is 322 g/mol. The summed E-state index contributed by atoms with van der Waals surface area (Å²) in [6, 6.07) is 9.67. The number of carbonyl (C=O) groups is 1. The fourth-order valence-corrected chi connectivity index (χ4v) is 2.76. The molecule has 0 aromatic heterocycles. The smallest absolute Gasteiger partial charge is 0.335 e. The first-order chi connectivity index (χ1) is 10.3. The molecule has 8 nitrogen and oxygen atoms in total. The van der Waals surface area contributed by atoms with E-state index >= 15 is 0 Å². The van der Waals surface area contributed by atoms with Crippen molar-refractivity contribution in [3.8, 4) is 0 Å². The highest BCUT2D eigenvalue weighted by atomic mass is 32.2. The van der Waals surface area contributed by atoms with Crippen molar-refractivity contribution in [2.75, 3.05) is 4.72 Å². The summed E-state index contributed by atoms with van der Waals surface area (Å²) in [4.78, 5) is 20.4. The van der Waals surface area contributed by atoms with Crippen LogP contribution in [-0.2, 0) is 10.0 Å². The second-order valence-electron chi connectivity index (χ2n) is 4.24. The normalized spacial score (nSPS) is 10.9. The zero-order valence-electron chi connectivity index (χ0n) is 11.0. The highest BCUT2D eigenvalue weighted by Gasteiger charge is 2.17. The van der Waals surface area contributed by atoms with Crippen LogP contribution in [-0.4, -0.2) is 24.4 Å². The maximum atomic E-state index is 12.1. The molecule has 2 rings (SSSR count). The number of nitrogens with zero attached hydrogens (tertiary/aromatic N) is 1. The number of sulfonamides is 1. The number of benzene rings is 2. The molecular weight excluding hydrogens is 312 g/mol. The maximum Gasteiger partial charge on any atom is 0.335 e. The average Bonchev–Trinajstić information content (AvgIpc) is 2.47. The van der Waals surface area contributed by atoms with Gasteiger partial charge in [-0.15, -0.1) is 0 Å². The van der Waals surface area contributed by atoms with E-state index in [1.807, 2.05) is 0 Å². The molecule has 2 N–H and O–H groups in total. The van der Waals surface area contributed by atoms with Gasteiger partial charge in [0.2, 0.25) is 0 Å². The zero-order chi connectivity index (χ0) is 16.3. The lowest BCUT2D eigenvalue weighted by Gasteiger charge is -2.08. The van der Waals surface area contributed by atoms with Crippen molar-refractivity contribution < 1.29 is 23.2 Å². The van der Waals surface area contributed by atoms with Gasteiger partial charge in [-0.25, -0.2) is 13.2 Å². The number of nitro groups is 1. The van der Waals surface area contributed by atoms with E-state index in [1.165, 1.54) is 42.5 Å². The molecule has 0 radical (unpaired) electrons. The Kier molecular flexibility index (Phi) is 4.08. The number of anilines is 1. The van der Waals surface area contributed by atoms with E-state index in [2.05, 4.69) is 4.72 Å². The van der Waals surface area contributed by atoms with Gasteiger partial charge in [-0.2, -0.15) is 0 Å². The van der Waals surface area contributed by atoms with Gasteiger partial charge in [0, 0.05) is 17.8 Å². The summed E-state index contributed by atoms with van der Waals surface area (Å²) >= 11 is 0. The molecule has 0 amide bonds. The molecule has 0 spiro atoms. The Morgan fingerprint density at radius 3 is 2.32 bits per heavy atom. The van der Waals surface area contributed by atoms with Gasteiger partial charge in [-0.05, 0) is 30.3 Å². The van der Waals surface area contributed by atoms with Crippen molar-refractivity contribution in [3.05, 3.63) is 64.2 Å².